The second-order valence-corrected chi connectivity index (χ2v) is 3.71. The van der Waals surface area contributed by atoms with Crippen LogP contribution >= 0.6 is 0 Å². The number of hydrogen-bond acceptors (Lipinski definition) is 4. The van der Waals surface area contributed by atoms with Crippen LogP contribution in [0.3, 0.4) is 0 Å². The third-order valence-electron chi connectivity index (χ3n) is 2.45. The van der Waals surface area contributed by atoms with Crippen LogP contribution < -0.4 is 9.47 Å². The zero-order valence-electron chi connectivity index (χ0n) is 10.1. The molecule has 1 heterocycles. The van der Waals surface area contributed by atoms with Crippen LogP contribution in [0.5, 0.6) is 11.5 Å². The molecule has 1 fully saturated rings. The van der Waals surface area contributed by atoms with Crippen molar-refractivity contribution in [3.05, 3.63) is 24.3 Å². The zero-order valence-corrected chi connectivity index (χ0v) is 10.1. The molecule has 4 nitrogen and oxygen atoms in total. The number of benzene rings is 1. The molecule has 1 saturated heterocycles. The highest BCUT2D eigenvalue weighted by atomic mass is 16.7. The van der Waals surface area contributed by atoms with Gasteiger partial charge in [0.2, 0.25) is 0 Å². The van der Waals surface area contributed by atoms with E-state index in [0.29, 0.717) is 26.4 Å². The first-order valence-corrected chi connectivity index (χ1v) is 5.97. The average Bonchev–Trinajstić information content (AvgIpc) is 2.85. The molecule has 1 aliphatic heterocycles. The van der Waals surface area contributed by atoms with Crippen LogP contribution in [-0.2, 0) is 9.47 Å². The van der Waals surface area contributed by atoms with Gasteiger partial charge in [-0.05, 0) is 31.2 Å². The minimum atomic E-state index is -0.0994. The molecule has 2 rings (SSSR count). The fourth-order valence-corrected chi connectivity index (χ4v) is 1.65. The van der Waals surface area contributed by atoms with Gasteiger partial charge in [0.05, 0.1) is 26.4 Å². The highest BCUT2D eigenvalue weighted by molar-refractivity contribution is 5.31. The van der Waals surface area contributed by atoms with Gasteiger partial charge in [-0.2, -0.15) is 0 Å². The van der Waals surface area contributed by atoms with Gasteiger partial charge in [0.1, 0.15) is 11.5 Å². The van der Waals surface area contributed by atoms with Crippen molar-refractivity contribution in [3.63, 3.8) is 0 Å². The first-order chi connectivity index (χ1) is 8.38. The second-order valence-electron chi connectivity index (χ2n) is 3.71. The van der Waals surface area contributed by atoms with Gasteiger partial charge in [-0.1, -0.05) is 0 Å². The quantitative estimate of drug-likeness (QED) is 0.761. The smallest absolute Gasteiger partial charge is 0.161 e. The predicted octanol–water partition coefficient (Wildman–Crippen LogP) is 2.23. The van der Waals surface area contributed by atoms with E-state index in [1.165, 1.54) is 0 Å². The first-order valence-electron chi connectivity index (χ1n) is 5.97. The highest BCUT2D eigenvalue weighted by Crippen LogP contribution is 2.18. The Hall–Kier alpha value is -1.26. The Morgan fingerprint density at radius 3 is 2.24 bits per heavy atom. The van der Waals surface area contributed by atoms with E-state index < -0.39 is 0 Å². The van der Waals surface area contributed by atoms with Crippen LogP contribution in [0.25, 0.3) is 0 Å². The van der Waals surface area contributed by atoms with Crippen molar-refractivity contribution in [2.45, 2.75) is 19.6 Å². The zero-order chi connectivity index (χ0) is 11.9. The summed E-state index contributed by atoms with van der Waals surface area (Å²) in [4.78, 5) is 0. The van der Waals surface area contributed by atoms with E-state index in [-0.39, 0.29) is 6.29 Å². The molecule has 94 valence electrons. The van der Waals surface area contributed by atoms with Gasteiger partial charge in [0, 0.05) is 6.42 Å². The van der Waals surface area contributed by atoms with Crippen LogP contribution in [0.1, 0.15) is 13.3 Å². The SMILES string of the molecule is CCOc1ccc(OCCC2OCCO2)cc1. The third-order valence-corrected chi connectivity index (χ3v) is 2.45. The van der Waals surface area contributed by atoms with Gasteiger partial charge in [-0.15, -0.1) is 0 Å². The fraction of sp³-hybridized carbons (Fsp3) is 0.538. The molecule has 1 aliphatic rings. The average molecular weight is 238 g/mol. The van der Waals surface area contributed by atoms with Gasteiger partial charge in [0.15, 0.2) is 6.29 Å². The van der Waals surface area contributed by atoms with E-state index in [1.807, 2.05) is 31.2 Å². The lowest BCUT2D eigenvalue weighted by molar-refractivity contribution is -0.0531. The van der Waals surface area contributed by atoms with Gasteiger partial charge in [-0.3, -0.25) is 0 Å². The summed E-state index contributed by atoms with van der Waals surface area (Å²) in [5, 5.41) is 0. The Morgan fingerprint density at radius 2 is 1.65 bits per heavy atom. The van der Waals surface area contributed by atoms with Gasteiger partial charge in [-0.25, -0.2) is 0 Å². The normalized spacial score (nSPS) is 16.1. The monoisotopic (exact) mass is 238 g/mol. The van der Waals surface area contributed by atoms with Crippen LogP contribution in [0.4, 0.5) is 0 Å². The Labute approximate surface area is 101 Å². The summed E-state index contributed by atoms with van der Waals surface area (Å²) in [5.41, 5.74) is 0. The summed E-state index contributed by atoms with van der Waals surface area (Å²) in [6.07, 6.45) is 0.658. The van der Waals surface area contributed by atoms with Crippen molar-refractivity contribution in [1.29, 1.82) is 0 Å². The molecule has 0 bridgehead atoms. The molecule has 1 aromatic carbocycles. The topological polar surface area (TPSA) is 36.9 Å². The van der Waals surface area contributed by atoms with Crippen molar-refractivity contribution < 1.29 is 18.9 Å². The van der Waals surface area contributed by atoms with Gasteiger partial charge < -0.3 is 18.9 Å². The molecule has 0 unspecified atom stereocenters. The van der Waals surface area contributed by atoms with E-state index in [4.69, 9.17) is 18.9 Å². The van der Waals surface area contributed by atoms with Crippen LogP contribution in [0, 0.1) is 0 Å². The predicted molar refractivity (Wildman–Crippen MR) is 63.4 cm³/mol. The van der Waals surface area contributed by atoms with Crippen molar-refractivity contribution in [2.24, 2.45) is 0 Å². The van der Waals surface area contributed by atoms with Crippen LogP contribution in [0.2, 0.25) is 0 Å². The molecular weight excluding hydrogens is 220 g/mol. The summed E-state index contributed by atoms with van der Waals surface area (Å²) < 4.78 is 21.6. The van der Waals surface area contributed by atoms with Crippen molar-refractivity contribution in [3.8, 4) is 11.5 Å². The lowest BCUT2D eigenvalue weighted by atomic mass is 10.3. The maximum Gasteiger partial charge on any atom is 0.161 e. The number of ether oxygens (including phenoxy) is 4. The molecule has 1 aromatic rings. The Bertz CT molecular complexity index is 317. The molecule has 0 N–H and O–H groups in total. The van der Waals surface area contributed by atoms with Crippen molar-refractivity contribution in [1.82, 2.24) is 0 Å². The number of hydrogen-bond donors (Lipinski definition) is 0. The van der Waals surface area contributed by atoms with E-state index in [2.05, 4.69) is 0 Å². The van der Waals surface area contributed by atoms with Gasteiger partial charge in [0.25, 0.3) is 0 Å². The summed E-state index contributed by atoms with van der Waals surface area (Å²) in [5.74, 6) is 1.70. The summed E-state index contributed by atoms with van der Waals surface area (Å²) in [6.45, 7) is 4.61. The van der Waals surface area contributed by atoms with Crippen LogP contribution in [-0.4, -0.2) is 32.7 Å². The minimum Gasteiger partial charge on any atom is -0.494 e. The summed E-state index contributed by atoms with van der Waals surface area (Å²) in [6, 6.07) is 7.62. The molecule has 0 aliphatic carbocycles. The molecule has 0 saturated carbocycles. The lowest BCUT2D eigenvalue weighted by Crippen LogP contribution is -2.12. The lowest BCUT2D eigenvalue weighted by Gasteiger charge is -2.10. The number of rotatable bonds is 6. The van der Waals surface area contributed by atoms with E-state index in [0.717, 1.165) is 17.9 Å². The highest BCUT2D eigenvalue weighted by Gasteiger charge is 2.15. The molecule has 0 spiro atoms. The molecule has 0 atom stereocenters. The third kappa shape index (κ3) is 3.91. The largest absolute Gasteiger partial charge is 0.494 e. The second kappa shape index (κ2) is 6.47. The van der Waals surface area contributed by atoms with Gasteiger partial charge >= 0.3 is 0 Å². The maximum absolute atomic E-state index is 5.59. The van der Waals surface area contributed by atoms with E-state index >= 15 is 0 Å². The molecule has 0 aromatic heterocycles. The molecule has 4 heteroatoms. The Morgan fingerprint density at radius 1 is 1.06 bits per heavy atom. The van der Waals surface area contributed by atoms with Crippen LogP contribution in [0.15, 0.2) is 24.3 Å². The Balaban J connectivity index is 1.70. The fourth-order valence-electron chi connectivity index (χ4n) is 1.65. The molecule has 17 heavy (non-hydrogen) atoms. The minimum absolute atomic E-state index is 0.0994. The van der Waals surface area contributed by atoms with E-state index in [9.17, 15) is 0 Å². The first kappa shape index (κ1) is 12.2. The molecule has 0 amide bonds. The summed E-state index contributed by atoms with van der Waals surface area (Å²) in [7, 11) is 0. The maximum atomic E-state index is 5.59. The summed E-state index contributed by atoms with van der Waals surface area (Å²) >= 11 is 0. The standard InChI is InChI=1S/C13H18O4/c1-2-14-11-3-5-12(6-4-11)15-8-7-13-16-9-10-17-13/h3-6,13H,2,7-10H2,1H3. The van der Waals surface area contributed by atoms with Crippen molar-refractivity contribution >= 4 is 0 Å². The van der Waals surface area contributed by atoms with E-state index in [1.54, 1.807) is 0 Å². The van der Waals surface area contributed by atoms with Crippen molar-refractivity contribution in [2.75, 3.05) is 26.4 Å². The molecular formula is C13H18O4. The Kier molecular flexibility index (Phi) is 4.64. The molecule has 0 radical (unpaired) electrons.